The molecule has 4 heteroatoms. The molecule has 2 rings (SSSR count). The second-order valence-corrected chi connectivity index (χ2v) is 3.36. The predicted octanol–water partition coefficient (Wildman–Crippen LogP) is 1.48. The van der Waals surface area contributed by atoms with Crippen molar-refractivity contribution in [2.45, 2.75) is 13.8 Å². The van der Waals surface area contributed by atoms with Crippen molar-refractivity contribution < 1.29 is 4.79 Å². The summed E-state index contributed by atoms with van der Waals surface area (Å²) in [5, 5.41) is 4.99. The van der Waals surface area contributed by atoms with Crippen molar-refractivity contribution in [1.29, 1.82) is 0 Å². The minimum atomic E-state index is 0.0424. The van der Waals surface area contributed by atoms with Gasteiger partial charge in [0.15, 0.2) is 11.4 Å². The zero-order chi connectivity index (χ0) is 10.3. The number of nitrogens with zero attached hydrogens (tertiary/aromatic N) is 3. The molecule has 2 aromatic heterocycles. The average molecular weight is 189 g/mol. The SMILES string of the molecule is CC(=O)c1cc2cnn(C)c2nc1C. The Balaban J connectivity index is 2.79. The van der Waals surface area contributed by atoms with E-state index in [9.17, 15) is 4.79 Å². The molecule has 0 atom stereocenters. The van der Waals surface area contributed by atoms with E-state index in [1.165, 1.54) is 0 Å². The van der Waals surface area contributed by atoms with Gasteiger partial charge in [-0.2, -0.15) is 5.10 Å². The summed E-state index contributed by atoms with van der Waals surface area (Å²) in [5.41, 5.74) is 2.24. The van der Waals surface area contributed by atoms with Crippen LogP contribution in [-0.2, 0) is 7.05 Å². The van der Waals surface area contributed by atoms with Crippen molar-refractivity contribution in [2.75, 3.05) is 0 Å². The smallest absolute Gasteiger partial charge is 0.161 e. The fourth-order valence-electron chi connectivity index (χ4n) is 1.52. The number of aryl methyl sites for hydroxylation is 2. The standard InChI is InChI=1S/C10H11N3O/c1-6-9(7(2)14)4-8-5-11-13(3)10(8)12-6/h4-5H,1-3H3. The lowest BCUT2D eigenvalue weighted by molar-refractivity contribution is 0.101. The minimum absolute atomic E-state index is 0.0424. The molecule has 2 heterocycles. The molecule has 14 heavy (non-hydrogen) atoms. The Morgan fingerprint density at radius 1 is 1.50 bits per heavy atom. The fraction of sp³-hybridized carbons (Fsp3) is 0.300. The summed E-state index contributed by atoms with van der Waals surface area (Å²) in [7, 11) is 1.84. The number of hydrogen-bond donors (Lipinski definition) is 0. The van der Waals surface area contributed by atoms with Crippen LogP contribution in [-0.4, -0.2) is 20.5 Å². The number of pyridine rings is 1. The second-order valence-electron chi connectivity index (χ2n) is 3.36. The molecule has 0 fully saturated rings. The molecular formula is C10H11N3O. The van der Waals surface area contributed by atoms with Crippen LogP contribution in [0.1, 0.15) is 23.0 Å². The number of Topliss-reactive ketones (excluding diaryl/α,β-unsaturated/α-hetero) is 1. The molecule has 2 aromatic rings. The summed E-state index contributed by atoms with van der Waals surface area (Å²) in [5.74, 6) is 0.0424. The molecule has 72 valence electrons. The number of fused-ring (bicyclic) bond motifs is 1. The lowest BCUT2D eigenvalue weighted by Gasteiger charge is -2.01. The quantitative estimate of drug-likeness (QED) is 0.638. The van der Waals surface area contributed by atoms with Crippen LogP contribution in [0.15, 0.2) is 12.3 Å². The zero-order valence-electron chi connectivity index (χ0n) is 8.40. The molecule has 0 spiro atoms. The van der Waals surface area contributed by atoms with Crippen LogP contribution in [0.25, 0.3) is 11.0 Å². The van der Waals surface area contributed by atoms with Gasteiger partial charge in [0.25, 0.3) is 0 Å². The summed E-state index contributed by atoms with van der Waals surface area (Å²) in [6.07, 6.45) is 1.72. The van der Waals surface area contributed by atoms with Crippen molar-refractivity contribution in [3.63, 3.8) is 0 Å². The van der Waals surface area contributed by atoms with Crippen molar-refractivity contribution in [1.82, 2.24) is 14.8 Å². The predicted molar refractivity (Wildman–Crippen MR) is 53.3 cm³/mol. The Labute approximate surface area is 81.6 Å². The first-order valence-electron chi connectivity index (χ1n) is 4.40. The molecule has 0 aromatic carbocycles. The molecule has 0 bridgehead atoms. The number of carbonyl (C=O) groups excluding carboxylic acids is 1. The van der Waals surface area contributed by atoms with Gasteiger partial charge in [-0.15, -0.1) is 0 Å². The Bertz CT molecular complexity index is 513. The van der Waals surface area contributed by atoms with Crippen LogP contribution in [0.2, 0.25) is 0 Å². The molecule has 0 N–H and O–H groups in total. The third-order valence-corrected chi connectivity index (χ3v) is 2.28. The van der Waals surface area contributed by atoms with Crippen molar-refractivity contribution in [2.24, 2.45) is 7.05 Å². The number of carbonyl (C=O) groups is 1. The van der Waals surface area contributed by atoms with E-state index in [1.807, 2.05) is 20.0 Å². The molecule has 0 aliphatic heterocycles. The van der Waals surface area contributed by atoms with E-state index in [2.05, 4.69) is 10.1 Å². The topological polar surface area (TPSA) is 47.8 Å². The molecule has 0 radical (unpaired) electrons. The van der Waals surface area contributed by atoms with Gasteiger partial charge in [-0.1, -0.05) is 0 Å². The van der Waals surface area contributed by atoms with E-state index in [-0.39, 0.29) is 5.78 Å². The Morgan fingerprint density at radius 3 is 2.86 bits per heavy atom. The highest BCUT2D eigenvalue weighted by atomic mass is 16.1. The molecule has 0 amide bonds. The zero-order valence-corrected chi connectivity index (χ0v) is 8.40. The maximum Gasteiger partial charge on any atom is 0.161 e. The van der Waals surface area contributed by atoms with Crippen molar-refractivity contribution in [3.05, 3.63) is 23.5 Å². The molecule has 0 saturated heterocycles. The first kappa shape index (κ1) is 8.87. The van der Waals surface area contributed by atoms with Gasteiger partial charge in [0.1, 0.15) is 0 Å². The van der Waals surface area contributed by atoms with Gasteiger partial charge in [-0.05, 0) is 19.9 Å². The molecule has 0 unspecified atom stereocenters. The van der Waals surface area contributed by atoms with Gasteiger partial charge in [-0.3, -0.25) is 9.48 Å². The van der Waals surface area contributed by atoms with E-state index in [0.29, 0.717) is 5.56 Å². The van der Waals surface area contributed by atoms with Crippen LogP contribution < -0.4 is 0 Å². The van der Waals surface area contributed by atoms with Crippen LogP contribution in [0.5, 0.6) is 0 Å². The summed E-state index contributed by atoms with van der Waals surface area (Å²) in [4.78, 5) is 15.6. The summed E-state index contributed by atoms with van der Waals surface area (Å²) >= 11 is 0. The van der Waals surface area contributed by atoms with Gasteiger partial charge in [0.2, 0.25) is 0 Å². The van der Waals surface area contributed by atoms with Gasteiger partial charge >= 0.3 is 0 Å². The highest BCUT2D eigenvalue weighted by Gasteiger charge is 2.09. The van der Waals surface area contributed by atoms with Gasteiger partial charge in [0.05, 0.1) is 11.9 Å². The highest BCUT2D eigenvalue weighted by molar-refractivity contribution is 5.98. The Hall–Kier alpha value is -1.71. The first-order valence-corrected chi connectivity index (χ1v) is 4.40. The average Bonchev–Trinajstić information content (AvgIpc) is 2.46. The number of ketones is 1. The maximum absolute atomic E-state index is 11.2. The van der Waals surface area contributed by atoms with Crippen LogP contribution in [0.3, 0.4) is 0 Å². The number of rotatable bonds is 1. The minimum Gasteiger partial charge on any atom is -0.294 e. The molecule has 4 nitrogen and oxygen atoms in total. The van der Waals surface area contributed by atoms with E-state index in [0.717, 1.165) is 16.7 Å². The number of hydrogen-bond acceptors (Lipinski definition) is 3. The summed E-state index contributed by atoms with van der Waals surface area (Å²) in [6.45, 7) is 3.38. The Kier molecular flexibility index (Phi) is 1.84. The normalized spacial score (nSPS) is 10.8. The number of aromatic nitrogens is 3. The highest BCUT2D eigenvalue weighted by Crippen LogP contribution is 2.15. The van der Waals surface area contributed by atoms with Gasteiger partial charge < -0.3 is 0 Å². The lowest BCUT2D eigenvalue weighted by atomic mass is 10.1. The molecule has 0 aliphatic carbocycles. The van der Waals surface area contributed by atoms with E-state index < -0.39 is 0 Å². The van der Waals surface area contributed by atoms with Crippen LogP contribution in [0, 0.1) is 6.92 Å². The first-order chi connectivity index (χ1) is 6.59. The van der Waals surface area contributed by atoms with Crippen LogP contribution >= 0.6 is 0 Å². The van der Waals surface area contributed by atoms with Gasteiger partial charge in [0, 0.05) is 18.0 Å². The third kappa shape index (κ3) is 1.19. The fourth-order valence-corrected chi connectivity index (χ4v) is 1.52. The van der Waals surface area contributed by atoms with Crippen molar-refractivity contribution in [3.8, 4) is 0 Å². The molecule has 0 saturated carbocycles. The summed E-state index contributed by atoms with van der Waals surface area (Å²) < 4.78 is 1.70. The Morgan fingerprint density at radius 2 is 2.21 bits per heavy atom. The monoisotopic (exact) mass is 189 g/mol. The van der Waals surface area contributed by atoms with Crippen LogP contribution in [0.4, 0.5) is 0 Å². The molecule has 0 aliphatic rings. The largest absolute Gasteiger partial charge is 0.294 e. The molecular weight excluding hydrogens is 178 g/mol. The summed E-state index contributed by atoms with van der Waals surface area (Å²) in [6, 6.07) is 1.84. The van der Waals surface area contributed by atoms with E-state index >= 15 is 0 Å². The lowest BCUT2D eigenvalue weighted by Crippen LogP contribution is -2.00. The third-order valence-electron chi connectivity index (χ3n) is 2.28. The van der Waals surface area contributed by atoms with E-state index in [1.54, 1.807) is 17.8 Å². The maximum atomic E-state index is 11.2. The van der Waals surface area contributed by atoms with Crippen molar-refractivity contribution >= 4 is 16.8 Å². The van der Waals surface area contributed by atoms with E-state index in [4.69, 9.17) is 0 Å². The second kappa shape index (κ2) is 2.90. The van der Waals surface area contributed by atoms with Gasteiger partial charge in [-0.25, -0.2) is 4.98 Å².